The van der Waals surface area contributed by atoms with Crippen molar-refractivity contribution in [1.82, 2.24) is 5.32 Å². The second-order valence-corrected chi connectivity index (χ2v) is 6.64. The normalized spacial score (nSPS) is 23.7. The van der Waals surface area contributed by atoms with Crippen LogP contribution in [0.2, 0.25) is 5.02 Å². The van der Waals surface area contributed by atoms with Gasteiger partial charge in [0.05, 0.1) is 10.7 Å². The first-order valence-electron chi connectivity index (χ1n) is 7.07. The smallest absolute Gasteiger partial charge is 0.0640 e. The minimum absolute atomic E-state index is 0.523. The summed E-state index contributed by atoms with van der Waals surface area (Å²) < 4.78 is 1.09. The highest BCUT2D eigenvalue weighted by atomic mass is 79.9. The molecule has 4 heteroatoms. The SMILES string of the molecule is CCCNC1CCN(c2cc(Br)ccc2Cl)C(C)C1. The summed E-state index contributed by atoms with van der Waals surface area (Å²) >= 11 is 9.87. The van der Waals surface area contributed by atoms with Crippen LogP contribution in [0.4, 0.5) is 5.69 Å². The van der Waals surface area contributed by atoms with E-state index in [2.05, 4.69) is 46.1 Å². The molecule has 2 atom stereocenters. The van der Waals surface area contributed by atoms with E-state index in [-0.39, 0.29) is 0 Å². The van der Waals surface area contributed by atoms with Crippen LogP contribution in [0.25, 0.3) is 0 Å². The maximum Gasteiger partial charge on any atom is 0.0640 e. The third kappa shape index (κ3) is 3.87. The van der Waals surface area contributed by atoms with E-state index in [9.17, 15) is 0 Å². The van der Waals surface area contributed by atoms with Crippen LogP contribution < -0.4 is 10.2 Å². The van der Waals surface area contributed by atoms with Gasteiger partial charge >= 0.3 is 0 Å². The number of piperidine rings is 1. The summed E-state index contributed by atoms with van der Waals surface area (Å²) in [5.41, 5.74) is 1.15. The Balaban J connectivity index is 2.05. The van der Waals surface area contributed by atoms with E-state index in [4.69, 9.17) is 11.6 Å². The molecule has 1 aromatic rings. The lowest BCUT2D eigenvalue weighted by atomic mass is 9.97. The van der Waals surface area contributed by atoms with Gasteiger partial charge in [0.1, 0.15) is 0 Å². The summed E-state index contributed by atoms with van der Waals surface area (Å²) in [6, 6.07) is 7.26. The first-order valence-corrected chi connectivity index (χ1v) is 8.24. The standard InChI is InChI=1S/C15H22BrClN2/c1-3-7-18-13-6-8-19(11(2)9-13)15-10-12(16)4-5-14(15)17/h4-5,10-11,13,18H,3,6-9H2,1-2H3. The number of benzene rings is 1. The van der Waals surface area contributed by atoms with Crippen LogP contribution in [0.15, 0.2) is 22.7 Å². The number of nitrogens with one attached hydrogen (secondary N) is 1. The van der Waals surface area contributed by atoms with E-state index in [0.717, 1.165) is 28.3 Å². The zero-order chi connectivity index (χ0) is 13.8. The molecular formula is C15H22BrClN2. The van der Waals surface area contributed by atoms with Gasteiger partial charge in [-0.15, -0.1) is 0 Å². The molecule has 106 valence electrons. The Bertz CT molecular complexity index is 425. The molecule has 0 aliphatic carbocycles. The Hall–Kier alpha value is -0.250. The molecule has 0 spiro atoms. The molecule has 2 nitrogen and oxygen atoms in total. The summed E-state index contributed by atoms with van der Waals surface area (Å²) in [7, 11) is 0. The van der Waals surface area contributed by atoms with Crippen LogP contribution in [0.3, 0.4) is 0 Å². The molecule has 1 N–H and O–H groups in total. The Morgan fingerprint density at radius 1 is 1.47 bits per heavy atom. The van der Waals surface area contributed by atoms with E-state index in [1.807, 2.05) is 12.1 Å². The van der Waals surface area contributed by atoms with Crippen LogP contribution in [-0.4, -0.2) is 25.2 Å². The summed E-state index contributed by atoms with van der Waals surface area (Å²) in [4.78, 5) is 2.43. The number of hydrogen-bond donors (Lipinski definition) is 1. The number of nitrogens with zero attached hydrogens (tertiary/aromatic N) is 1. The minimum atomic E-state index is 0.523. The van der Waals surface area contributed by atoms with Crippen molar-refractivity contribution in [3.05, 3.63) is 27.7 Å². The molecule has 0 amide bonds. The molecule has 19 heavy (non-hydrogen) atoms. The second-order valence-electron chi connectivity index (χ2n) is 5.31. The van der Waals surface area contributed by atoms with Crippen LogP contribution in [-0.2, 0) is 0 Å². The van der Waals surface area contributed by atoms with Crippen molar-refractivity contribution in [2.45, 2.75) is 45.2 Å². The van der Waals surface area contributed by atoms with Gasteiger partial charge in [-0.05, 0) is 50.9 Å². The predicted octanol–water partition coefficient (Wildman–Crippen LogP) is 4.46. The lowest BCUT2D eigenvalue weighted by molar-refractivity contribution is 0.369. The minimum Gasteiger partial charge on any atom is -0.367 e. The van der Waals surface area contributed by atoms with Crippen LogP contribution >= 0.6 is 27.5 Å². The summed E-state index contributed by atoms with van der Waals surface area (Å²) in [5.74, 6) is 0. The van der Waals surface area contributed by atoms with Gasteiger partial charge in [-0.1, -0.05) is 34.5 Å². The number of rotatable bonds is 4. The van der Waals surface area contributed by atoms with Crippen LogP contribution in [0, 0.1) is 0 Å². The average molecular weight is 346 g/mol. The summed E-state index contributed by atoms with van der Waals surface area (Å²) in [6.07, 6.45) is 3.57. The number of halogens is 2. The molecule has 0 radical (unpaired) electrons. The van der Waals surface area contributed by atoms with Crippen molar-refractivity contribution in [3.63, 3.8) is 0 Å². The Morgan fingerprint density at radius 3 is 2.95 bits per heavy atom. The number of hydrogen-bond acceptors (Lipinski definition) is 2. The quantitative estimate of drug-likeness (QED) is 0.866. The van der Waals surface area contributed by atoms with Crippen molar-refractivity contribution in [3.8, 4) is 0 Å². The van der Waals surface area contributed by atoms with Crippen molar-refractivity contribution >= 4 is 33.2 Å². The van der Waals surface area contributed by atoms with Crippen LogP contribution in [0.1, 0.15) is 33.1 Å². The van der Waals surface area contributed by atoms with E-state index >= 15 is 0 Å². The molecule has 0 aromatic heterocycles. The Morgan fingerprint density at radius 2 is 2.26 bits per heavy atom. The summed E-state index contributed by atoms with van der Waals surface area (Å²) in [6.45, 7) is 6.69. The molecule has 1 heterocycles. The lowest BCUT2D eigenvalue weighted by Crippen LogP contribution is -2.47. The van der Waals surface area contributed by atoms with Gasteiger partial charge in [0.25, 0.3) is 0 Å². The van der Waals surface area contributed by atoms with Crippen molar-refractivity contribution in [1.29, 1.82) is 0 Å². The molecule has 1 saturated heterocycles. The fourth-order valence-electron chi connectivity index (χ4n) is 2.77. The molecule has 1 aliphatic rings. The highest BCUT2D eigenvalue weighted by Gasteiger charge is 2.26. The zero-order valence-electron chi connectivity index (χ0n) is 11.6. The van der Waals surface area contributed by atoms with E-state index in [0.29, 0.717) is 12.1 Å². The number of anilines is 1. The van der Waals surface area contributed by atoms with E-state index < -0.39 is 0 Å². The fraction of sp³-hybridized carbons (Fsp3) is 0.600. The third-order valence-electron chi connectivity index (χ3n) is 3.78. The van der Waals surface area contributed by atoms with Crippen molar-refractivity contribution in [2.24, 2.45) is 0 Å². The van der Waals surface area contributed by atoms with Gasteiger partial charge in [0.15, 0.2) is 0 Å². The van der Waals surface area contributed by atoms with E-state index in [1.165, 1.54) is 19.3 Å². The largest absolute Gasteiger partial charge is 0.367 e. The average Bonchev–Trinajstić information content (AvgIpc) is 2.40. The fourth-order valence-corrected chi connectivity index (χ4v) is 3.34. The van der Waals surface area contributed by atoms with Gasteiger partial charge in [0, 0.05) is 23.1 Å². The van der Waals surface area contributed by atoms with Gasteiger partial charge in [-0.25, -0.2) is 0 Å². The van der Waals surface area contributed by atoms with E-state index in [1.54, 1.807) is 0 Å². The topological polar surface area (TPSA) is 15.3 Å². The Kier molecular flexibility index (Phi) is 5.55. The van der Waals surface area contributed by atoms with Gasteiger partial charge in [-0.2, -0.15) is 0 Å². The monoisotopic (exact) mass is 344 g/mol. The molecule has 1 aliphatic heterocycles. The second kappa shape index (κ2) is 6.96. The Labute approximate surface area is 129 Å². The first-order chi connectivity index (χ1) is 9.11. The molecule has 2 rings (SSSR count). The molecule has 1 aromatic carbocycles. The predicted molar refractivity (Wildman–Crippen MR) is 87.3 cm³/mol. The zero-order valence-corrected chi connectivity index (χ0v) is 14.0. The lowest BCUT2D eigenvalue weighted by Gasteiger charge is -2.40. The molecular weight excluding hydrogens is 324 g/mol. The molecule has 2 unspecified atom stereocenters. The molecule has 0 bridgehead atoms. The molecule has 0 saturated carbocycles. The third-order valence-corrected chi connectivity index (χ3v) is 4.59. The molecule has 1 fully saturated rings. The van der Waals surface area contributed by atoms with Gasteiger partial charge in [0.2, 0.25) is 0 Å². The van der Waals surface area contributed by atoms with Gasteiger partial charge in [-0.3, -0.25) is 0 Å². The van der Waals surface area contributed by atoms with Gasteiger partial charge < -0.3 is 10.2 Å². The maximum absolute atomic E-state index is 6.34. The van der Waals surface area contributed by atoms with Crippen LogP contribution in [0.5, 0.6) is 0 Å². The van der Waals surface area contributed by atoms with Crippen molar-refractivity contribution < 1.29 is 0 Å². The summed E-state index contributed by atoms with van der Waals surface area (Å²) in [5, 5.41) is 4.47. The highest BCUT2D eigenvalue weighted by molar-refractivity contribution is 9.10. The first kappa shape index (κ1) is 15.1. The van der Waals surface area contributed by atoms with Crippen molar-refractivity contribution in [2.75, 3.05) is 18.0 Å². The maximum atomic E-state index is 6.34. The highest BCUT2D eigenvalue weighted by Crippen LogP contribution is 2.33.